The van der Waals surface area contributed by atoms with Gasteiger partial charge in [-0.05, 0) is 33.6 Å². The van der Waals surface area contributed by atoms with Crippen LogP contribution in [0.5, 0.6) is 0 Å². The molecule has 0 aromatic rings. The minimum absolute atomic E-state index is 0.0187. The van der Waals surface area contributed by atoms with Crippen LogP contribution in [0.15, 0.2) is 0 Å². The van der Waals surface area contributed by atoms with Gasteiger partial charge in [0.05, 0.1) is 5.41 Å². The molecule has 0 aromatic heterocycles. The minimum Gasteiger partial charge on any atom is -0.449 e. The summed E-state index contributed by atoms with van der Waals surface area (Å²) in [6, 6.07) is 0. The molecule has 106 valence electrons. The molecule has 0 radical (unpaired) electrons. The fraction of sp³-hybridized carbons (Fsp3) is 0.692. The molecule has 0 aromatic carbocycles. The van der Waals surface area contributed by atoms with E-state index in [0.717, 1.165) is 0 Å². The van der Waals surface area contributed by atoms with Crippen LogP contribution < -0.4 is 0 Å². The van der Waals surface area contributed by atoms with Crippen LogP contribution in [0.25, 0.3) is 0 Å². The van der Waals surface area contributed by atoms with E-state index in [0.29, 0.717) is 12.8 Å². The Kier molecular flexibility index (Phi) is 3.94. The first-order valence-corrected chi connectivity index (χ1v) is 5.90. The third-order valence-corrected chi connectivity index (χ3v) is 2.79. The highest BCUT2D eigenvalue weighted by Gasteiger charge is 2.55. The number of carbonyl (C=O) groups is 2. The van der Waals surface area contributed by atoms with Crippen molar-refractivity contribution in [1.29, 1.82) is 0 Å². The molecule has 1 saturated carbocycles. The maximum Gasteiger partial charge on any atom is 0.513 e. The number of aliphatic hydroxyl groups is 2. The average Bonchev–Trinajstić information content (AvgIpc) is 2.93. The van der Waals surface area contributed by atoms with E-state index in [1.54, 1.807) is 0 Å². The molecule has 0 saturated heterocycles. The van der Waals surface area contributed by atoms with E-state index in [4.69, 9.17) is 5.11 Å². The smallest absolute Gasteiger partial charge is 0.449 e. The second kappa shape index (κ2) is 4.83. The summed E-state index contributed by atoms with van der Waals surface area (Å²) in [6.07, 6.45) is -0.757. The zero-order valence-electron chi connectivity index (χ0n) is 11.2. The Hall–Kier alpha value is -1.58. The standard InChI is InChI=1S/C13H18O6/c1-11(2,17)4-5-12(3,18)8-13(6-7-13)9(14)19-10(15)16/h17-18H,6-8H2,1-3H3,(H,15,16). The number of rotatable bonds is 3. The van der Waals surface area contributed by atoms with Crippen LogP contribution in [0, 0.1) is 17.3 Å². The molecule has 1 aliphatic carbocycles. The number of hydrogen-bond acceptors (Lipinski definition) is 5. The third kappa shape index (κ3) is 4.89. The van der Waals surface area contributed by atoms with Crippen molar-refractivity contribution in [2.24, 2.45) is 5.41 Å². The summed E-state index contributed by atoms with van der Waals surface area (Å²) in [6.45, 7) is 4.36. The van der Waals surface area contributed by atoms with Crippen LogP contribution in [-0.4, -0.2) is 38.6 Å². The molecule has 0 spiro atoms. The molecule has 1 aliphatic rings. The Morgan fingerprint density at radius 2 is 1.74 bits per heavy atom. The number of esters is 1. The molecule has 3 N–H and O–H groups in total. The van der Waals surface area contributed by atoms with E-state index in [1.807, 2.05) is 0 Å². The van der Waals surface area contributed by atoms with Gasteiger partial charge in [0.1, 0.15) is 11.2 Å². The Morgan fingerprint density at radius 3 is 2.11 bits per heavy atom. The Bertz CT molecular complexity index is 442. The Balaban J connectivity index is 2.75. The van der Waals surface area contributed by atoms with Gasteiger partial charge in [0.15, 0.2) is 0 Å². The summed E-state index contributed by atoms with van der Waals surface area (Å²) >= 11 is 0. The topological polar surface area (TPSA) is 104 Å². The normalized spacial score (nSPS) is 19.6. The van der Waals surface area contributed by atoms with Crippen molar-refractivity contribution in [3.63, 3.8) is 0 Å². The van der Waals surface area contributed by atoms with Gasteiger partial charge in [0.25, 0.3) is 0 Å². The van der Waals surface area contributed by atoms with E-state index in [1.165, 1.54) is 20.8 Å². The summed E-state index contributed by atoms with van der Waals surface area (Å²) in [5.41, 5.74) is -3.72. The summed E-state index contributed by atoms with van der Waals surface area (Å²) in [7, 11) is 0. The van der Waals surface area contributed by atoms with E-state index >= 15 is 0 Å². The quantitative estimate of drug-likeness (QED) is 0.400. The highest BCUT2D eigenvalue weighted by molar-refractivity contribution is 5.87. The maximum absolute atomic E-state index is 11.6. The molecule has 19 heavy (non-hydrogen) atoms. The van der Waals surface area contributed by atoms with Gasteiger partial charge in [-0.25, -0.2) is 4.79 Å². The van der Waals surface area contributed by atoms with Crippen LogP contribution in [0.3, 0.4) is 0 Å². The first-order valence-electron chi connectivity index (χ1n) is 5.90. The summed E-state index contributed by atoms with van der Waals surface area (Å²) in [5, 5.41) is 28.0. The molecule has 1 unspecified atom stereocenters. The molecule has 1 atom stereocenters. The molecule has 6 nitrogen and oxygen atoms in total. The zero-order chi connectivity index (χ0) is 14.9. The fourth-order valence-corrected chi connectivity index (χ4v) is 1.78. The van der Waals surface area contributed by atoms with Gasteiger partial charge >= 0.3 is 12.1 Å². The van der Waals surface area contributed by atoms with Gasteiger partial charge in [-0.15, -0.1) is 0 Å². The van der Waals surface area contributed by atoms with Crippen molar-refractivity contribution < 1.29 is 29.6 Å². The predicted molar refractivity (Wildman–Crippen MR) is 65.1 cm³/mol. The molecule has 0 heterocycles. The number of hydrogen-bond donors (Lipinski definition) is 3. The number of ether oxygens (including phenoxy) is 1. The molecule has 6 heteroatoms. The summed E-state index contributed by atoms with van der Waals surface area (Å²) in [5.74, 6) is 4.13. The van der Waals surface area contributed by atoms with Crippen LogP contribution in [0.4, 0.5) is 4.79 Å². The average molecular weight is 270 g/mol. The highest BCUT2D eigenvalue weighted by Crippen LogP contribution is 2.52. The van der Waals surface area contributed by atoms with Gasteiger partial charge in [-0.3, -0.25) is 4.79 Å². The zero-order valence-corrected chi connectivity index (χ0v) is 11.2. The van der Waals surface area contributed by atoms with Gasteiger partial charge in [0.2, 0.25) is 0 Å². The van der Waals surface area contributed by atoms with Crippen LogP contribution in [0.2, 0.25) is 0 Å². The second-order valence-corrected chi connectivity index (χ2v) is 5.70. The van der Waals surface area contributed by atoms with Gasteiger partial charge in [-0.1, -0.05) is 11.8 Å². The monoisotopic (exact) mass is 270 g/mol. The van der Waals surface area contributed by atoms with E-state index in [9.17, 15) is 19.8 Å². The Morgan fingerprint density at radius 1 is 1.21 bits per heavy atom. The van der Waals surface area contributed by atoms with Gasteiger partial charge in [-0.2, -0.15) is 0 Å². The fourth-order valence-electron chi connectivity index (χ4n) is 1.78. The van der Waals surface area contributed by atoms with Crippen molar-refractivity contribution in [2.45, 2.75) is 51.2 Å². The van der Waals surface area contributed by atoms with E-state index in [2.05, 4.69) is 16.6 Å². The summed E-state index contributed by atoms with van der Waals surface area (Å²) in [4.78, 5) is 21.9. The van der Waals surface area contributed by atoms with Crippen molar-refractivity contribution in [3.05, 3.63) is 0 Å². The molecule has 0 bridgehead atoms. The first kappa shape index (κ1) is 15.5. The lowest BCUT2D eigenvalue weighted by molar-refractivity contribution is -0.147. The van der Waals surface area contributed by atoms with E-state index < -0.39 is 28.7 Å². The van der Waals surface area contributed by atoms with Crippen LogP contribution >= 0.6 is 0 Å². The predicted octanol–water partition coefficient (Wildman–Crippen LogP) is 0.903. The first-order chi connectivity index (χ1) is 8.46. The molecular formula is C13H18O6. The number of carbonyl (C=O) groups excluding carboxylic acids is 1. The molecular weight excluding hydrogens is 252 g/mol. The van der Waals surface area contributed by atoms with Crippen molar-refractivity contribution in [2.75, 3.05) is 0 Å². The van der Waals surface area contributed by atoms with Gasteiger partial charge in [0, 0.05) is 6.42 Å². The third-order valence-electron chi connectivity index (χ3n) is 2.79. The van der Waals surface area contributed by atoms with E-state index in [-0.39, 0.29) is 6.42 Å². The molecule has 0 aliphatic heterocycles. The highest BCUT2D eigenvalue weighted by atomic mass is 16.7. The van der Waals surface area contributed by atoms with Crippen LogP contribution in [0.1, 0.15) is 40.0 Å². The Labute approximate surface area is 111 Å². The molecule has 1 rings (SSSR count). The largest absolute Gasteiger partial charge is 0.513 e. The van der Waals surface area contributed by atoms with Crippen molar-refractivity contribution in [3.8, 4) is 11.8 Å². The van der Waals surface area contributed by atoms with Crippen molar-refractivity contribution >= 4 is 12.1 Å². The lowest BCUT2D eigenvalue weighted by Crippen LogP contribution is -2.33. The second-order valence-electron chi connectivity index (χ2n) is 5.70. The maximum atomic E-state index is 11.6. The van der Waals surface area contributed by atoms with Crippen LogP contribution in [-0.2, 0) is 9.53 Å². The lowest BCUT2D eigenvalue weighted by atomic mass is 9.89. The number of carboxylic acid groups (broad SMARTS) is 1. The minimum atomic E-state index is -1.65. The van der Waals surface area contributed by atoms with Crippen molar-refractivity contribution in [1.82, 2.24) is 0 Å². The molecule has 1 fully saturated rings. The molecule has 0 amide bonds. The SMILES string of the molecule is CC(C)(O)C#CC(C)(O)CC1(C(=O)OC(=O)O)CC1. The summed E-state index contributed by atoms with van der Waals surface area (Å²) < 4.78 is 4.14. The van der Waals surface area contributed by atoms with Gasteiger partial charge < -0.3 is 20.1 Å². The lowest BCUT2D eigenvalue weighted by Gasteiger charge is -2.22.